The summed E-state index contributed by atoms with van der Waals surface area (Å²) in [5.41, 5.74) is 0. The molecule has 1 heterocycles. The Morgan fingerprint density at radius 1 is 1.67 bits per heavy atom. The van der Waals surface area contributed by atoms with Crippen LogP contribution in [0.15, 0.2) is 12.2 Å². The number of allylic oxidation sites excluding steroid dienone is 1. The van der Waals surface area contributed by atoms with E-state index in [1.54, 1.807) is 11.8 Å². The van der Waals surface area contributed by atoms with Gasteiger partial charge in [0.2, 0.25) is 0 Å². The first-order chi connectivity index (χ1) is 5.81. The molecular weight excluding hydrogens is 172 g/mol. The number of hydrogen-bond acceptors (Lipinski definition) is 3. The minimum absolute atomic E-state index is 0.0284. The van der Waals surface area contributed by atoms with Crippen LogP contribution in [0.5, 0.6) is 0 Å². The van der Waals surface area contributed by atoms with Gasteiger partial charge in [0.15, 0.2) is 0 Å². The molecule has 2 rings (SSSR count). The van der Waals surface area contributed by atoms with Crippen molar-refractivity contribution < 1.29 is 9.53 Å². The molecule has 0 saturated carbocycles. The van der Waals surface area contributed by atoms with Crippen molar-refractivity contribution in [2.45, 2.75) is 23.8 Å². The number of fused-ring (bicyclic) bond motifs is 2. The molecule has 2 bridgehead atoms. The summed E-state index contributed by atoms with van der Waals surface area (Å²) in [6, 6.07) is 0. The lowest BCUT2D eigenvalue weighted by Gasteiger charge is -2.15. The van der Waals surface area contributed by atoms with Crippen LogP contribution in [-0.4, -0.2) is 23.1 Å². The van der Waals surface area contributed by atoms with Crippen LogP contribution in [0.4, 0.5) is 0 Å². The van der Waals surface area contributed by atoms with Gasteiger partial charge >= 0.3 is 5.97 Å². The minimum atomic E-state index is -0.0284. The van der Waals surface area contributed by atoms with Crippen molar-refractivity contribution in [1.82, 2.24) is 0 Å². The fourth-order valence-corrected chi connectivity index (χ4v) is 3.24. The standard InChI is InChI=1S/C9H12O2S/c1-2-11-9(10)8-6-3-4-7(5-6)12-8/h3-4,6-8H,2,5H2,1H3. The van der Waals surface area contributed by atoms with Gasteiger partial charge in [0.05, 0.1) is 6.61 Å². The maximum Gasteiger partial charge on any atom is 0.319 e. The van der Waals surface area contributed by atoms with Gasteiger partial charge in [0.25, 0.3) is 0 Å². The molecule has 3 atom stereocenters. The number of hydrogen-bond donors (Lipinski definition) is 0. The average molecular weight is 184 g/mol. The summed E-state index contributed by atoms with van der Waals surface area (Å²) >= 11 is 1.75. The number of carbonyl (C=O) groups excluding carboxylic acids is 1. The van der Waals surface area contributed by atoms with E-state index in [0.29, 0.717) is 17.8 Å². The lowest BCUT2D eigenvalue weighted by atomic mass is 10.1. The highest BCUT2D eigenvalue weighted by Crippen LogP contribution is 2.45. The van der Waals surface area contributed by atoms with Crippen LogP contribution >= 0.6 is 11.8 Å². The Morgan fingerprint density at radius 2 is 2.50 bits per heavy atom. The van der Waals surface area contributed by atoms with E-state index in [2.05, 4.69) is 12.2 Å². The van der Waals surface area contributed by atoms with E-state index in [9.17, 15) is 4.79 Å². The fourth-order valence-electron chi connectivity index (χ4n) is 1.76. The van der Waals surface area contributed by atoms with Gasteiger partial charge in [-0.15, -0.1) is 11.8 Å². The lowest BCUT2D eigenvalue weighted by Crippen LogP contribution is -2.24. The molecule has 3 unspecified atom stereocenters. The molecule has 1 aliphatic carbocycles. The zero-order valence-corrected chi connectivity index (χ0v) is 7.84. The third-order valence-corrected chi connectivity index (χ3v) is 3.84. The minimum Gasteiger partial charge on any atom is -0.465 e. The van der Waals surface area contributed by atoms with Crippen molar-refractivity contribution >= 4 is 17.7 Å². The van der Waals surface area contributed by atoms with Crippen molar-refractivity contribution in [2.75, 3.05) is 6.61 Å². The fraction of sp³-hybridized carbons (Fsp3) is 0.667. The van der Waals surface area contributed by atoms with Crippen molar-refractivity contribution in [3.8, 4) is 0 Å². The van der Waals surface area contributed by atoms with Crippen LogP contribution in [0, 0.1) is 5.92 Å². The maximum absolute atomic E-state index is 11.4. The number of ether oxygens (including phenoxy) is 1. The molecule has 2 aliphatic rings. The van der Waals surface area contributed by atoms with Gasteiger partial charge in [-0.2, -0.15) is 0 Å². The van der Waals surface area contributed by atoms with Crippen LogP contribution in [0.25, 0.3) is 0 Å². The van der Waals surface area contributed by atoms with Gasteiger partial charge in [0, 0.05) is 11.2 Å². The molecule has 1 fully saturated rings. The zero-order valence-electron chi connectivity index (χ0n) is 7.03. The van der Waals surface area contributed by atoms with Crippen LogP contribution in [0.3, 0.4) is 0 Å². The highest BCUT2D eigenvalue weighted by atomic mass is 32.2. The third kappa shape index (κ3) is 1.26. The van der Waals surface area contributed by atoms with E-state index >= 15 is 0 Å². The molecule has 1 saturated heterocycles. The average Bonchev–Trinajstić information content (AvgIpc) is 2.64. The SMILES string of the molecule is CCOC(=O)C1SC2C=CC1C2. The highest BCUT2D eigenvalue weighted by Gasteiger charge is 2.41. The molecule has 3 heteroatoms. The second kappa shape index (κ2) is 3.13. The van der Waals surface area contributed by atoms with Crippen LogP contribution < -0.4 is 0 Å². The summed E-state index contributed by atoms with van der Waals surface area (Å²) in [7, 11) is 0. The number of thioether (sulfide) groups is 1. The first-order valence-electron chi connectivity index (χ1n) is 4.31. The van der Waals surface area contributed by atoms with E-state index in [1.807, 2.05) is 6.92 Å². The van der Waals surface area contributed by atoms with Gasteiger partial charge in [-0.05, 0) is 13.3 Å². The van der Waals surface area contributed by atoms with Crippen molar-refractivity contribution in [2.24, 2.45) is 5.92 Å². The smallest absolute Gasteiger partial charge is 0.319 e. The molecule has 0 radical (unpaired) electrons. The number of esters is 1. The Morgan fingerprint density at radius 3 is 3.00 bits per heavy atom. The summed E-state index contributed by atoms with van der Waals surface area (Å²) < 4.78 is 4.98. The van der Waals surface area contributed by atoms with Crippen LogP contribution in [0.1, 0.15) is 13.3 Å². The van der Waals surface area contributed by atoms with E-state index in [1.165, 1.54) is 0 Å². The Bertz CT molecular complexity index is 225. The summed E-state index contributed by atoms with van der Waals surface area (Å²) in [6.07, 6.45) is 5.49. The largest absolute Gasteiger partial charge is 0.465 e. The summed E-state index contributed by atoms with van der Waals surface area (Å²) in [4.78, 5) is 11.4. The molecule has 2 nitrogen and oxygen atoms in total. The normalized spacial score (nSPS) is 37.2. The first kappa shape index (κ1) is 8.17. The van der Waals surface area contributed by atoms with Gasteiger partial charge in [-0.1, -0.05) is 12.2 Å². The molecule has 0 aromatic rings. The zero-order chi connectivity index (χ0) is 8.55. The topological polar surface area (TPSA) is 26.3 Å². The third-order valence-electron chi connectivity index (χ3n) is 2.31. The predicted molar refractivity (Wildman–Crippen MR) is 49.0 cm³/mol. The van der Waals surface area contributed by atoms with E-state index in [-0.39, 0.29) is 11.2 Å². The summed E-state index contributed by atoms with van der Waals surface area (Å²) in [5.74, 6) is 0.415. The highest BCUT2D eigenvalue weighted by molar-refractivity contribution is 8.01. The van der Waals surface area contributed by atoms with E-state index in [4.69, 9.17) is 4.74 Å². The lowest BCUT2D eigenvalue weighted by molar-refractivity contribution is -0.143. The van der Waals surface area contributed by atoms with E-state index < -0.39 is 0 Å². The maximum atomic E-state index is 11.4. The second-order valence-corrected chi connectivity index (χ2v) is 4.52. The summed E-state index contributed by atoms with van der Waals surface area (Å²) in [5, 5.41) is 0.657. The van der Waals surface area contributed by atoms with Crippen molar-refractivity contribution in [3.63, 3.8) is 0 Å². The Labute approximate surface area is 76.4 Å². The van der Waals surface area contributed by atoms with Crippen LogP contribution in [-0.2, 0) is 9.53 Å². The van der Waals surface area contributed by atoms with Crippen molar-refractivity contribution in [3.05, 3.63) is 12.2 Å². The number of rotatable bonds is 2. The van der Waals surface area contributed by atoms with E-state index in [0.717, 1.165) is 6.42 Å². The Kier molecular flexibility index (Phi) is 2.13. The van der Waals surface area contributed by atoms with Gasteiger partial charge < -0.3 is 4.74 Å². The number of carbonyl (C=O) groups is 1. The molecule has 0 aromatic heterocycles. The van der Waals surface area contributed by atoms with Gasteiger partial charge in [-0.3, -0.25) is 4.79 Å². The van der Waals surface area contributed by atoms with Gasteiger partial charge in [0.1, 0.15) is 5.25 Å². The predicted octanol–water partition coefficient (Wildman–Crippen LogP) is 1.61. The molecule has 0 spiro atoms. The Hall–Kier alpha value is -0.440. The molecule has 66 valence electrons. The first-order valence-corrected chi connectivity index (χ1v) is 5.26. The monoisotopic (exact) mass is 184 g/mol. The van der Waals surface area contributed by atoms with Gasteiger partial charge in [-0.25, -0.2) is 0 Å². The van der Waals surface area contributed by atoms with Crippen LogP contribution in [0.2, 0.25) is 0 Å². The molecule has 0 N–H and O–H groups in total. The molecule has 0 amide bonds. The molecular formula is C9H12O2S. The summed E-state index contributed by atoms with van der Waals surface area (Å²) in [6.45, 7) is 2.35. The second-order valence-electron chi connectivity index (χ2n) is 3.13. The molecule has 0 aromatic carbocycles. The van der Waals surface area contributed by atoms with Crippen molar-refractivity contribution in [1.29, 1.82) is 0 Å². The molecule has 1 aliphatic heterocycles. The Balaban J connectivity index is 1.98. The molecule has 12 heavy (non-hydrogen) atoms. The quantitative estimate of drug-likeness (QED) is 0.482.